The number of hydrogen-bond acceptors (Lipinski definition) is 8. The highest BCUT2D eigenvalue weighted by molar-refractivity contribution is 6.04. The van der Waals surface area contributed by atoms with Crippen molar-refractivity contribution in [2.24, 2.45) is 0 Å². The molecule has 0 unspecified atom stereocenters. The summed E-state index contributed by atoms with van der Waals surface area (Å²) in [5.74, 6) is 0.634. The number of nitrogens with zero attached hydrogens (tertiary/aromatic N) is 5. The molecule has 1 fully saturated rings. The third-order valence-corrected chi connectivity index (χ3v) is 4.74. The molecule has 2 N–H and O–H groups in total. The molecular weight excluding hydrogens is 394 g/mol. The zero-order chi connectivity index (χ0) is 21.6. The lowest BCUT2D eigenvalue weighted by Crippen LogP contribution is -2.43. The SMILES string of the molecule is CC(C)Oc1ccc(-c2nccc(C(=O)Nc3cnccc3N3CCNCC3)n2)cn1. The average molecular weight is 419 g/mol. The van der Waals surface area contributed by atoms with Gasteiger partial charge < -0.3 is 20.3 Å². The summed E-state index contributed by atoms with van der Waals surface area (Å²) in [6.07, 6.45) is 6.64. The fraction of sp³-hybridized carbons (Fsp3) is 0.318. The van der Waals surface area contributed by atoms with Crippen LogP contribution in [0.3, 0.4) is 0 Å². The van der Waals surface area contributed by atoms with E-state index in [1.54, 1.807) is 36.9 Å². The van der Waals surface area contributed by atoms with Gasteiger partial charge in [-0.1, -0.05) is 0 Å². The quantitative estimate of drug-likeness (QED) is 0.627. The van der Waals surface area contributed by atoms with E-state index < -0.39 is 0 Å². The van der Waals surface area contributed by atoms with Crippen molar-refractivity contribution in [3.63, 3.8) is 0 Å². The molecule has 1 saturated heterocycles. The first kappa shape index (κ1) is 20.7. The maximum Gasteiger partial charge on any atom is 0.274 e. The Morgan fingerprint density at radius 3 is 2.68 bits per heavy atom. The summed E-state index contributed by atoms with van der Waals surface area (Å²) in [6, 6.07) is 7.09. The third-order valence-electron chi connectivity index (χ3n) is 4.74. The van der Waals surface area contributed by atoms with E-state index in [1.807, 2.05) is 26.0 Å². The van der Waals surface area contributed by atoms with Gasteiger partial charge in [0.2, 0.25) is 5.88 Å². The van der Waals surface area contributed by atoms with Crippen LogP contribution < -0.4 is 20.3 Å². The van der Waals surface area contributed by atoms with E-state index in [9.17, 15) is 4.79 Å². The van der Waals surface area contributed by atoms with Crippen molar-refractivity contribution in [2.75, 3.05) is 36.4 Å². The minimum absolute atomic E-state index is 0.0418. The minimum atomic E-state index is -0.319. The zero-order valence-corrected chi connectivity index (χ0v) is 17.6. The normalized spacial score (nSPS) is 13.8. The number of hydrogen-bond donors (Lipinski definition) is 2. The third kappa shape index (κ3) is 5.13. The molecule has 1 amide bonds. The van der Waals surface area contributed by atoms with Gasteiger partial charge in [0.1, 0.15) is 5.69 Å². The van der Waals surface area contributed by atoms with E-state index in [-0.39, 0.29) is 17.7 Å². The number of aromatic nitrogens is 4. The summed E-state index contributed by atoms with van der Waals surface area (Å²) in [7, 11) is 0. The van der Waals surface area contributed by atoms with Crippen LogP contribution in [0.25, 0.3) is 11.4 Å². The Labute approximate surface area is 180 Å². The van der Waals surface area contributed by atoms with Gasteiger partial charge in [-0.2, -0.15) is 0 Å². The monoisotopic (exact) mass is 419 g/mol. The molecule has 31 heavy (non-hydrogen) atoms. The van der Waals surface area contributed by atoms with E-state index in [4.69, 9.17) is 4.74 Å². The average Bonchev–Trinajstić information content (AvgIpc) is 2.80. The van der Waals surface area contributed by atoms with Crippen LogP contribution in [0.1, 0.15) is 24.3 Å². The van der Waals surface area contributed by atoms with Gasteiger partial charge in [0.05, 0.1) is 23.7 Å². The Bertz CT molecular complexity index is 1030. The molecular formula is C22H25N7O2. The number of carbonyl (C=O) groups is 1. The second-order valence-corrected chi connectivity index (χ2v) is 7.40. The summed E-state index contributed by atoms with van der Waals surface area (Å²) in [5.41, 5.74) is 2.58. The Hall–Kier alpha value is -3.59. The van der Waals surface area contributed by atoms with E-state index in [0.29, 0.717) is 23.0 Å². The summed E-state index contributed by atoms with van der Waals surface area (Å²) < 4.78 is 5.56. The number of carbonyl (C=O) groups excluding carboxylic acids is 1. The number of piperazine rings is 1. The van der Waals surface area contributed by atoms with Gasteiger partial charge in [0, 0.05) is 56.4 Å². The van der Waals surface area contributed by atoms with E-state index in [1.165, 1.54) is 0 Å². The predicted molar refractivity (Wildman–Crippen MR) is 118 cm³/mol. The van der Waals surface area contributed by atoms with E-state index in [2.05, 4.69) is 35.5 Å². The fourth-order valence-corrected chi connectivity index (χ4v) is 3.30. The highest BCUT2D eigenvalue weighted by atomic mass is 16.5. The van der Waals surface area contributed by atoms with Crippen molar-refractivity contribution >= 4 is 17.3 Å². The molecule has 4 rings (SSSR count). The Morgan fingerprint density at radius 2 is 1.94 bits per heavy atom. The van der Waals surface area contributed by atoms with Crippen molar-refractivity contribution < 1.29 is 9.53 Å². The Balaban J connectivity index is 1.52. The van der Waals surface area contributed by atoms with Crippen LogP contribution in [0.15, 0.2) is 49.1 Å². The molecule has 0 aliphatic carbocycles. The molecule has 0 aromatic carbocycles. The lowest BCUT2D eigenvalue weighted by atomic mass is 10.2. The number of amides is 1. The smallest absolute Gasteiger partial charge is 0.274 e. The molecule has 3 aromatic rings. The topological polar surface area (TPSA) is 105 Å². The molecule has 0 spiro atoms. The van der Waals surface area contributed by atoms with Crippen LogP contribution >= 0.6 is 0 Å². The molecule has 0 bridgehead atoms. The first-order valence-corrected chi connectivity index (χ1v) is 10.3. The fourth-order valence-electron chi connectivity index (χ4n) is 3.30. The number of anilines is 2. The van der Waals surface area contributed by atoms with Crippen LogP contribution in [-0.2, 0) is 0 Å². The Kier molecular flexibility index (Phi) is 6.32. The molecule has 0 saturated carbocycles. The van der Waals surface area contributed by atoms with Crippen molar-refractivity contribution in [3.8, 4) is 17.3 Å². The van der Waals surface area contributed by atoms with Crippen molar-refractivity contribution in [1.82, 2.24) is 25.3 Å². The zero-order valence-electron chi connectivity index (χ0n) is 17.6. The van der Waals surface area contributed by atoms with Crippen molar-refractivity contribution in [3.05, 3.63) is 54.7 Å². The summed E-state index contributed by atoms with van der Waals surface area (Å²) >= 11 is 0. The second kappa shape index (κ2) is 9.48. The van der Waals surface area contributed by atoms with Crippen LogP contribution in [0.5, 0.6) is 5.88 Å². The highest BCUT2D eigenvalue weighted by Gasteiger charge is 2.17. The van der Waals surface area contributed by atoms with Crippen molar-refractivity contribution in [1.29, 1.82) is 0 Å². The molecule has 3 aromatic heterocycles. The number of rotatable bonds is 6. The van der Waals surface area contributed by atoms with Gasteiger partial charge in [0.25, 0.3) is 5.91 Å². The molecule has 0 radical (unpaired) electrons. The number of pyridine rings is 2. The molecule has 1 aliphatic rings. The highest BCUT2D eigenvalue weighted by Crippen LogP contribution is 2.25. The largest absolute Gasteiger partial charge is 0.475 e. The van der Waals surface area contributed by atoms with Gasteiger partial charge in [-0.15, -0.1) is 0 Å². The summed E-state index contributed by atoms with van der Waals surface area (Å²) in [5, 5.41) is 6.27. The molecule has 0 atom stereocenters. The minimum Gasteiger partial charge on any atom is -0.475 e. The maximum atomic E-state index is 12.9. The first-order chi connectivity index (χ1) is 15.1. The van der Waals surface area contributed by atoms with Gasteiger partial charge in [0.15, 0.2) is 5.82 Å². The van der Waals surface area contributed by atoms with Gasteiger partial charge >= 0.3 is 0 Å². The lowest BCUT2D eigenvalue weighted by Gasteiger charge is -2.30. The standard InChI is InChI=1S/C22H25N7O2/c1-15(2)31-20-4-3-16(13-26-20)21-25-8-5-17(27-21)22(30)28-18-14-24-7-6-19(18)29-11-9-23-10-12-29/h3-8,13-15,23H,9-12H2,1-2H3,(H,28,30). The van der Waals surface area contributed by atoms with Crippen LogP contribution in [0.2, 0.25) is 0 Å². The van der Waals surface area contributed by atoms with Crippen LogP contribution in [0.4, 0.5) is 11.4 Å². The molecule has 9 nitrogen and oxygen atoms in total. The molecule has 4 heterocycles. The predicted octanol–water partition coefficient (Wildman–Crippen LogP) is 2.38. The van der Waals surface area contributed by atoms with Gasteiger partial charge in [-0.05, 0) is 32.0 Å². The van der Waals surface area contributed by atoms with Crippen LogP contribution in [-0.4, -0.2) is 58.1 Å². The maximum absolute atomic E-state index is 12.9. The first-order valence-electron chi connectivity index (χ1n) is 10.3. The number of nitrogens with one attached hydrogen (secondary N) is 2. The summed E-state index contributed by atoms with van der Waals surface area (Å²) in [6.45, 7) is 7.43. The number of ether oxygens (including phenoxy) is 1. The lowest BCUT2D eigenvalue weighted by molar-refractivity contribution is 0.102. The van der Waals surface area contributed by atoms with Gasteiger partial charge in [-0.25, -0.2) is 15.0 Å². The van der Waals surface area contributed by atoms with Crippen molar-refractivity contribution in [2.45, 2.75) is 20.0 Å². The van der Waals surface area contributed by atoms with E-state index in [0.717, 1.165) is 31.9 Å². The van der Waals surface area contributed by atoms with Crippen LogP contribution in [0, 0.1) is 0 Å². The summed E-state index contributed by atoms with van der Waals surface area (Å²) in [4.78, 5) is 32.3. The molecule has 160 valence electrons. The molecule has 1 aliphatic heterocycles. The Morgan fingerprint density at radius 1 is 1.10 bits per heavy atom. The van der Waals surface area contributed by atoms with E-state index >= 15 is 0 Å². The molecule has 9 heteroatoms. The second-order valence-electron chi connectivity index (χ2n) is 7.40. The van der Waals surface area contributed by atoms with Gasteiger partial charge in [-0.3, -0.25) is 9.78 Å².